The van der Waals surface area contributed by atoms with Crippen LogP contribution >= 0.6 is 0 Å². The van der Waals surface area contributed by atoms with Crippen molar-refractivity contribution in [2.45, 2.75) is 65.0 Å². The molecule has 2 unspecified atom stereocenters. The van der Waals surface area contributed by atoms with Crippen LogP contribution in [0.25, 0.3) is 0 Å². The highest BCUT2D eigenvalue weighted by Crippen LogP contribution is 2.54. The molecule has 2 saturated carbocycles. The Bertz CT molecular complexity index is 259. The Morgan fingerprint density at radius 1 is 1.16 bits per heavy atom. The molecule has 0 saturated heterocycles. The third-order valence-corrected chi connectivity index (χ3v) is 5.40. The average Bonchev–Trinajstić information content (AvgIpc) is 2.94. The van der Waals surface area contributed by atoms with E-state index in [0.29, 0.717) is 17.6 Å². The van der Waals surface area contributed by atoms with E-state index in [2.05, 4.69) is 31.0 Å². The van der Waals surface area contributed by atoms with E-state index < -0.39 is 0 Å². The summed E-state index contributed by atoms with van der Waals surface area (Å²) in [5.41, 5.74) is 0.485. The van der Waals surface area contributed by atoms with Crippen LogP contribution in [0.15, 0.2) is 0 Å². The van der Waals surface area contributed by atoms with Gasteiger partial charge in [0.1, 0.15) is 0 Å². The lowest BCUT2D eigenvalue weighted by Gasteiger charge is -2.54. The van der Waals surface area contributed by atoms with Gasteiger partial charge in [-0.3, -0.25) is 0 Å². The molecule has 2 aliphatic rings. The lowest BCUT2D eigenvalue weighted by Crippen LogP contribution is -2.63. The summed E-state index contributed by atoms with van der Waals surface area (Å²) in [7, 11) is 0. The zero-order chi connectivity index (χ0) is 13.7. The van der Waals surface area contributed by atoms with E-state index in [9.17, 15) is 0 Å². The lowest BCUT2D eigenvalue weighted by molar-refractivity contribution is -0.130. The Labute approximate surface area is 119 Å². The highest BCUT2D eigenvalue weighted by atomic mass is 16.5. The first-order valence-corrected chi connectivity index (χ1v) is 8.34. The van der Waals surface area contributed by atoms with E-state index in [1.165, 1.54) is 38.6 Å². The van der Waals surface area contributed by atoms with Gasteiger partial charge in [-0.15, -0.1) is 0 Å². The van der Waals surface area contributed by atoms with Gasteiger partial charge in [-0.2, -0.15) is 0 Å². The zero-order valence-electron chi connectivity index (χ0n) is 13.1. The van der Waals surface area contributed by atoms with Gasteiger partial charge in [0, 0.05) is 31.2 Å². The predicted molar refractivity (Wildman–Crippen MR) is 80.5 cm³/mol. The highest BCUT2D eigenvalue weighted by Gasteiger charge is 2.56. The molecule has 0 heterocycles. The molecule has 2 fully saturated rings. The van der Waals surface area contributed by atoms with Gasteiger partial charge < -0.3 is 15.0 Å². The van der Waals surface area contributed by atoms with Crippen LogP contribution in [0.4, 0.5) is 0 Å². The fourth-order valence-corrected chi connectivity index (χ4v) is 4.11. The minimum atomic E-state index is 0.485. The summed E-state index contributed by atoms with van der Waals surface area (Å²) >= 11 is 0. The van der Waals surface area contributed by atoms with Gasteiger partial charge >= 0.3 is 0 Å². The standard InChI is InChI=1S/C16H32N2O/c1-4-18(5-2)12-11-17-14-13-15(19-6-3)16(14)9-7-8-10-16/h14-15,17H,4-13H2,1-3H3. The molecule has 0 aliphatic heterocycles. The second kappa shape index (κ2) is 7.05. The molecule has 0 radical (unpaired) electrons. The van der Waals surface area contributed by atoms with Crippen LogP contribution in [0.5, 0.6) is 0 Å². The molecule has 3 nitrogen and oxygen atoms in total. The SMILES string of the molecule is CCOC1CC(NCCN(CC)CC)C12CCCC2. The summed E-state index contributed by atoms with van der Waals surface area (Å²) in [5.74, 6) is 0. The van der Waals surface area contributed by atoms with E-state index in [-0.39, 0.29) is 0 Å². The maximum absolute atomic E-state index is 5.97. The Morgan fingerprint density at radius 2 is 1.84 bits per heavy atom. The van der Waals surface area contributed by atoms with Crippen molar-refractivity contribution < 1.29 is 4.74 Å². The van der Waals surface area contributed by atoms with Crippen LogP contribution in [0.1, 0.15) is 52.9 Å². The Hall–Kier alpha value is -0.120. The van der Waals surface area contributed by atoms with Crippen LogP contribution < -0.4 is 5.32 Å². The monoisotopic (exact) mass is 268 g/mol. The normalized spacial score (nSPS) is 29.1. The molecule has 0 amide bonds. The van der Waals surface area contributed by atoms with Crippen molar-refractivity contribution in [3.05, 3.63) is 0 Å². The molecule has 1 spiro atoms. The number of ether oxygens (including phenoxy) is 1. The van der Waals surface area contributed by atoms with Crippen molar-refractivity contribution in [3.8, 4) is 0 Å². The molecule has 1 N–H and O–H groups in total. The summed E-state index contributed by atoms with van der Waals surface area (Å²) in [6.45, 7) is 12.1. The maximum Gasteiger partial charge on any atom is 0.0661 e. The molecule has 2 aliphatic carbocycles. The van der Waals surface area contributed by atoms with Crippen molar-refractivity contribution in [1.29, 1.82) is 0 Å². The first-order chi connectivity index (χ1) is 9.26. The molecular weight excluding hydrogens is 236 g/mol. The summed E-state index contributed by atoms with van der Waals surface area (Å²) in [5, 5.41) is 3.82. The number of nitrogens with one attached hydrogen (secondary N) is 1. The van der Waals surface area contributed by atoms with E-state index in [0.717, 1.165) is 26.2 Å². The number of likely N-dealkylation sites (N-methyl/N-ethyl adjacent to an activating group) is 1. The molecule has 3 heteroatoms. The molecule has 0 bridgehead atoms. The van der Waals surface area contributed by atoms with Crippen molar-refractivity contribution in [3.63, 3.8) is 0 Å². The number of rotatable bonds is 8. The molecule has 112 valence electrons. The molecule has 0 aromatic rings. The van der Waals surface area contributed by atoms with Crippen molar-refractivity contribution in [1.82, 2.24) is 10.2 Å². The quantitative estimate of drug-likeness (QED) is 0.732. The zero-order valence-corrected chi connectivity index (χ0v) is 13.1. The van der Waals surface area contributed by atoms with Crippen LogP contribution in [0.2, 0.25) is 0 Å². The Morgan fingerprint density at radius 3 is 2.42 bits per heavy atom. The minimum Gasteiger partial charge on any atom is -0.378 e. The molecule has 0 aromatic carbocycles. The third kappa shape index (κ3) is 3.14. The molecule has 0 aromatic heterocycles. The predicted octanol–water partition coefficient (Wildman–Crippen LogP) is 2.66. The van der Waals surface area contributed by atoms with Gasteiger partial charge in [0.2, 0.25) is 0 Å². The van der Waals surface area contributed by atoms with Gasteiger partial charge in [0.15, 0.2) is 0 Å². The van der Waals surface area contributed by atoms with Gasteiger partial charge in [-0.05, 0) is 39.3 Å². The fraction of sp³-hybridized carbons (Fsp3) is 1.00. The van der Waals surface area contributed by atoms with Crippen LogP contribution in [0, 0.1) is 5.41 Å². The van der Waals surface area contributed by atoms with Gasteiger partial charge in [-0.25, -0.2) is 0 Å². The van der Waals surface area contributed by atoms with Crippen LogP contribution in [-0.4, -0.2) is 49.8 Å². The van der Waals surface area contributed by atoms with Gasteiger partial charge in [0.05, 0.1) is 6.10 Å². The second-order valence-electron chi connectivity index (χ2n) is 6.15. The second-order valence-corrected chi connectivity index (χ2v) is 6.15. The number of hydrogen-bond donors (Lipinski definition) is 1. The van der Waals surface area contributed by atoms with Crippen molar-refractivity contribution in [2.75, 3.05) is 32.8 Å². The van der Waals surface area contributed by atoms with E-state index in [4.69, 9.17) is 4.74 Å². The Kier molecular flexibility index (Phi) is 5.67. The number of hydrogen-bond acceptors (Lipinski definition) is 3. The summed E-state index contributed by atoms with van der Waals surface area (Å²) in [6, 6.07) is 0.710. The molecule has 2 rings (SSSR count). The average molecular weight is 268 g/mol. The summed E-state index contributed by atoms with van der Waals surface area (Å²) in [6.07, 6.45) is 7.31. The molecule has 19 heavy (non-hydrogen) atoms. The first-order valence-electron chi connectivity index (χ1n) is 8.34. The van der Waals surface area contributed by atoms with Gasteiger partial charge in [0.25, 0.3) is 0 Å². The highest BCUT2D eigenvalue weighted by molar-refractivity contribution is 5.09. The van der Waals surface area contributed by atoms with E-state index in [1.807, 2.05) is 0 Å². The smallest absolute Gasteiger partial charge is 0.0661 e. The maximum atomic E-state index is 5.97. The van der Waals surface area contributed by atoms with E-state index in [1.54, 1.807) is 0 Å². The van der Waals surface area contributed by atoms with Crippen molar-refractivity contribution in [2.24, 2.45) is 5.41 Å². The third-order valence-electron chi connectivity index (χ3n) is 5.40. The van der Waals surface area contributed by atoms with E-state index >= 15 is 0 Å². The summed E-state index contributed by atoms with van der Waals surface area (Å²) in [4.78, 5) is 2.49. The minimum absolute atomic E-state index is 0.485. The largest absolute Gasteiger partial charge is 0.378 e. The van der Waals surface area contributed by atoms with Gasteiger partial charge in [-0.1, -0.05) is 26.7 Å². The lowest BCUT2D eigenvalue weighted by atomic mass is 9.60. The fourth-order valence-electron chi connectivity index (χ4n) is 4.11. The van der Waals surface area contributed by atoms with Crippen molar-refractivity contribution >= 4 is 0 Å². The number of nitrogens with zero attached hydrogens (tertiary/aromatic N) is 1. The topological polar surface area (TPSA) is 24.5 Å². The summed E-state index contributed by atoms with van der Waals surface area (Å²) < 4.78 is 5.97. The van der Waals surface area contributed by atoms with Crippen LogP contribution in [0.3, 0.4) is 0 Å². The molecular formula is C16H32N2O. The first kappa shape index (κ1) is 15.3. The molecule has 2 atom stereocenters. The Balaban J connectivity index is 1.78. The van der Waals surface area contributed by atoms with Crippen LogP contribution in [-0.2, 0) is 4.74 Å².